The van der Waals surface area contributed by atoms with Crippen molar-refractivity contribution >= 4 is 5.69 Å². The third-order valence-corrected chi connectivity index (χ3v) is 3.67. The topological polar surface area (TPSA) is 33.3 Å². The van der Waals surface area contributed by atoms with E-state index < -0.39 is 0 Å². The van der Waals surface area contributed by atoms with Gasteiger partial charge in [0.25, 0.3) is 0 Å². The van der Waals surface area contributed by atoms with Crippen LogP contribution < -0.4 is 15.4 Å². The minimum absolute atomic E-state index is 0.675. The van der Waals surface area contributed by atoms with E-state index in [1.54, 1.807) is 0 Å². The van der Waals surface area contributed by atoms with E-state index in [1.165, 1.54) is 30.5 Å². The van der Waals surface area contributed by atoms with Gasteiger partial charge in [0.1, 0.15) is 5.75 Å². The van der Waals surface area contributed by atoms with Crippen molar-refractivity contribution in [3.05, 3.63) is 23.8 Å². The van der Waals surface area contributed by atoms with Gasteiger partial charge in [0.05, 0.1) is 12.3 Å². The molecule has 0 bridgehead atoms. The molecule has 1 aromatic carbocycles. The van der Waals surface area contributed by atoms with Gasteiger partial charge in [-0.15, -0.1) is 0 Å². The quantitative estimate of drug-likeness (QED) is 0.836. The summed E-state index contributed by atoms with van der Waals surface area (Å²) in [5, 5.41) is 6.84. The lowest BCUT2D eigenvalue weighted by atomic mass is 10.0. The molecule has 0 aliphatic carbocycles. The summed E-state index contributed by atoms with van der Waals surface area (Å²) in [4.78, 5) is 0. The molecule has 1 unspecified atom stereocenters. The van der Waals surface area contributed by atoms with Crippen LogP contribution in [0.5, 0.6) is 5.75 Å². The minimum atomic E-state index is 0.675. The van der Waals surface area contributed by atoms with Crippen LogP contribution in [-0.2, 0) is 6.42 Å². The zero-order chi connectivity index (χ0) is 11.5. The van der Waals surface area contributed by atoms with Crippen molar-refractivity contribution in [1.29, 1.82) is 0 Å². The van der Waals surface area contributed by atoms with E-state index in [9.17, 15) is 0 Å². The molecule has 3 nitrogen and oxygen atoms in total. The van der Waals surface area contributed by atoms with Crippen molar-refractivity contribution in [1.82, 2.24) is 5.32 Å². The molecule has 2 aliphatic heterocycles. The summed E-state index contributed by atoms with van der Waals surface area (Å²) >= 11 is 0. The third kappa shape index (κ3) is 2.39. The highest BCUT2D eigenvalue weighted by molar-refractivity contribution is 5.63. The van der Waals surface area contributed by atoms with Gasteiger partial charge in [0.2, 0.25) is 0 Å². The van der Waals surface area contributed by atoms with Gasteiger partial charge in [0.15, 0.2) is 0 Å². The van der Waals surface area contributed by atoms with Crippen LogP contribution in [0.2, 0.25) is 0 Å². The lowest BCUT2D eigenvalue weighted by Crippen LogP contribution is -2.17. The number of nitrogens with one attached hydrogen (secondary N) is 2. The maximum Gasteiger partial charge on any atom is 0.142 e. The summed E-state index contributed by atoms with van der Waals surface area (Å²) in [6.07, 6.45) is 3.63. The van der Waals surface area contributed by atoms with Crippen LogP contribution in [0.1, 0.15) is 18.4 Å². The standard InChI is InChI=1S/C14H20N2O/c1-3-12-4-2-7-16-14(12)13(5-1)17-10-11-6-8-15-9-11/h1,3,5,11,15-16H,2,4,6-10H2. The Morgan fingerprint density at radius 3 is 3.18 bits per heavy atom. The normalized spacial score (nSPS) is 22.9. The Bertz CT molecular complexity index is 386. The first kappa shape index (κ1) is 10.9. The van der Waals surface area contributed by atoms with Crippen LogP contribution >= 0.6 is 0 Å². The predicted molar refractivity (Wildman–Crippen MR) is 69.7 cm³/mol. The molecule has 0 saturated carbocycles. The molecule has 3 heteroatoms. The van der Waals surface area contributed by atoms with E-state index >= 15 is 0 Å². The number of fused-ring (bicyclic) bond motifs is 1. The summed E-state index contributed by atoms with van der Waals surface area (Å²) in [6.45, 7) is 4.14. The Labute approximate surface area is 103 Å². The zero-order valence-corrected chi connectivity index (χ0v) is 10.2. The summed E-state index contributed by atoms with van der Waals surface area (Å²) < 4.78 is 5.99. The first-order valence-corrected chi connectivity index (χ1v) is 6.63. The average molecular weight is 232 g/mol. The van der Waals surface area contributed by atoms with Crippen LogP contribution in [0.3, 0.4) is 0 Å². The highest BCUT2D eigenvalue weighted by Gasteiger charge is 2.17. The molecule has 1 saturated heterocycles. The minimum Gasteiger partial charge on any atom is -0.491 e. The van der Waals surface area contributed by atoms with E-state index in [2.05, 4.69) is 28.8 Å². The largest absolute Gasteiger partial charge is 0.491 e. The highest BCUT2D eigenvalue weighted by Crippen LogP contribution is 2.32. The second-order valence-corrected chi connectivity index (χ2v) is 4.99. The lowest BCUT2D eigenvalue weighted by molar-refractivity contribution is 0.261. The van der Waals surface area contributed by atoms with Crippen LogP contribution in [0, 0.1) is 5.92 Å². The van der Waals surface area contributed by atoms with E-state index in [0.717, 1.165) is 32.0 Å². The number of hydrogen-bond acceptors (Lipinski definition) is 3. The molecular weight excluding hydrogens is 212 g/mol. The van der Waals surface area contributed by atoms with E-state index in [1.807, 2.05) is 0 Å². The number of anilines is 1. The fourth-order valence-corrected chi connectivity index (χ4v) is 2.66. The van der Waals surface area contributed by atoms with Crippen molar-refractivity contribution in [3.8, 4) is 5.75 Å². The molecule has 3 rings (SSSR count). The fraction of sp³-hybridized carbons (Fsp3) is 0.571. The molecule has 92 valence electrons. The Hall–Kier alpha value is -1.22. The first-order valence-electron chi connectivity index (χ1n) is 6.63. The summed E-state index contributed by atoms with van der Waals surface area (Å²) in [5.41, 5.74) is 2.63. The van der Waals surface area contributed by atoms with Gasteiger partial charge in [0, 0.05) is 19.0 Å². The van der Waals surface area contributed by atoms with Crippen molar-refractivity contribution < 1.29 is 4.74 Å². The van der Waals surface area contributed by atoms with E-state index in [-0.39, 0.29) is 0 Å². The molecule has 0 radical (unpaired) electrons. The zero-order valence-electron chi connectivity index (χ0n) is 10.2. The van der Waals surface area contributed by atoms with Gasteiger partial charge in [-0.1, -0.05) is 12.1 Å². The molecule has 1 aromatic rings. The second kappa shape index (κ2) is 4.96. The molecule has 0 amide bonds. The molecule has 2 N–H and O–H groups in total. The van der Waals surface area contributed by atoms with Crippen molar-refractivity contribution in [2.45, 2.75) is 19.3 Å². The molecular formula is C14H20N2O. The Kier molecular flexibility index (Phi) is 3.18. The highest BCUT2D eigenvalue weighted by atomic mass is 16.5. The molecule has 0 spiro atoms. The van der Waals surface area contributed by atoms with Crippen LogP contribution in [0.4, 0.5) is 5.69 Å². The van der Waals surface area contributed by atoms with Crippen LogP contribution in [0.25, 0.3) is 0 Å². The molecule has 0 aromatic heterocycles. The Morgan fingerprint density at radius 1 is 1.29 bits per heavy atom. The van der Waals surface area contributed by atoms with Crippen LogP contribution in [0.15, 0.2) is 18.2 Å². The van der Waals surface area contributed by atoms with Gasteiger partial charge < -0.3 is 15.4 Å². The number of aryl methyl sites for hydroxylation is 1. The number of ether oxygens (including phenoxy) is 1. The molecule has 1 atom stereocenters. The molecule has 1 fully saturated rings. The molecule has 2 heterocycles. The van der Waals surface area contributed by atoms with Gasteiger partial charge >= 0.3 is 0 Å². The number of hydrogen-bond donors (Lipinski definition) is 2. The van der Waals surface area contributed by atoms with Gasteiger partial charge in [-0.2, -0.15) is 0 Å². The first-order chi connectivity index (χ1) is 8.43. The SMILES string of the molecule is c1cc2c(c(OCC3CCNC3)c1)NCCC2. The Morgan fingerprint density at radius 2 is 2.29 bits per heavy atom. The summed E-state index contributed by atoms with van der Waals surface area (Å²) in [5.74, 6) is 1.71. The van der Waals surface area contributed by atoms with Crippen molar-refractivity contribution in [3.63, 3.8) is 0 Å². The molecule has 2 aliphatic rings. The maximum atomic E-state index is 5.99. The van der Waals surface area contributed by atoms with Crippen LogP contribution in [-0.4, -0.2) is 26.2 Å². The fourth-order valence-electron chi connectivity index (χ4n) is 2.66. The van der Waals surface area contributed by atoms with E-state index in [0.29, 0.717) is 5.92 Å². The number of rotatable bonds is 3. The van der Waals surface area contributed by atoms with Crippen molar-refractivity contribution in [2.75, 3.05) is 31.6 Å². The summed E-state index contributed by atoms with van der Waals surface area (Å²) in [6, 6.07) is 6.39. The van der Waals surface area contributed by atoms with Gasteiger partial charge in [-0.05, 0) is 37.4 Å². The average Bonchev–Trinajstić information content (AvgIpc) is 2.89. The Balaban J connectivity index is 1.69. The smallest absolute Gasteiger partial charge is 0.142 e. The predicted octanol–water partition coefficient (Wildman–Crippen LogP) is 2.03. The monoisotopic (exact) mass is 232 g/mol. The lowest BCUT2D eigenvalue weighted by Gasteiger charge is -2.22. The number of para-hydroxylation sites is 1. The number of benzene rings is 1. The summed E-state index contributed by atoms with van der Waals surface area (Å²) in [7, 11) is 0. The molecule has 17 heavy (non-hydrogen) atoms. The second-order valence-electron chi connectivity index (χ2n) is 4.99. The maximum absolute atomic E-state index is 5.99. The van der Waals surface area contributed by atoms with Crippen molar-refractivity contribution in [2.24, 2.45) is 5.92 Å². The van der Waals surface area contributed by atoms with E-state index in [4.69, 9.17) is 4.74 Å². The third-order valence-electron chi connectivity index (χ3n) is 3.67. The van der Waals surface area contributed by atoms with Gasteiger partial charge in [-0.3, -0.25) is 0 Å². The van der Waals surface area contributed by atoms with Gasteiger partial charge in [-0.25, -0.2) is 0 Å².